The molecule has 0 aliphatic rings. The minimum absolute atomic E-state index is 0.0401. The molecule has 0 radical (unpaired) electrons. The van der Waals surface area contributed by atoms with Crippen molar-refractivity contribution in [1.82, 2.24) is 15.3 Å². The van der Waals surface area contributed by atoms with E-state index in [4.69, 9.17) is 0 Å². The third-order valence-corrected chi connectivity index (χ3v) is 5.27. The van der Waals surface area contributed by atoms with E-state index in [1.807, 2.05) is 36.4 Å². The van der Waals surface area contributed by atoms with Crippen molar-refractivity contribution >= 4 is 39.2 Å². The van der Waals surface area contributed by atoms with E-state index in [0.717, 1.165) is 21.0 Å². The summed E-state index contributed by atoms with van der Waals surface area (Å²) in [5, 5.41) is 2.93. The maximum absolute atomic E-state index is 11.9. The lowest BCUT2D eigenvalue weighted by Gasteiger charge is -2.04. The first-order valence-corrected chi connectivity index (χ1v) is 8.75. The number of thioether (sulfide) groups is 1. The Morgan fingerprint density at radius 2 is 2.00 bits per heavy atom. The fraction of sp³-hybridized carbons (Fsp3) is 0.188. The van der Waals surface area contributed by atoms with Crippen LogP contribution in [0.5, 0.6) is 0 Å². The van der Waals surface area contributed by atoms with Gasteiger partial charge in [-0.3, -0.25) is 9.78 Å². The van der Waals surface area contributed by atoms with Crippen LogP contribution in [-0.4, -0.2) is 28.2 Å². The van der Waals surface area contributed by atoms with Crippen LogP contribution in [-0.2, 0) is 11.2 Å². The molecule has 3 aromatic rings. The summed E-state index contributed by atoms with van der Waals surface area (Å²) in [6.45, 7) is 0.642. The highest BCUT2D eigenvalue weighted by Crippen LogP contribution is 2.28. The molecular weight excluding hydrogens is 314 g/mol. The fourth-order valence-corrected chi connectivity index (χ4v) is 3.89. The number of nitrogens with one attached hydrogen (secondary N) is 1. The van der Waals surface area contributed by atoms with Gasteiger partial charge in [0, 0.05) is 18.9 Å². The van der Waals surface area contributed by atoms with Crippen LogP contribution in [0.3, 0.4) is 0 Å². The lowest BCUT2D eigenvalue weighted by molar-refractivity contribution is -0.118. The predicted octanol–water partition coefficient (Wildman–Crippen LogP) is 3.14. The van der Waals surface area contributed by atoms with Gasteiger partial charge in [-0.05, 0) is 36.2 Å². The minimum atomic E-state index is 0.0401. The fourth-order valence-electron chi connectivity index (χ4n) is 1.99. The van der Waals surface area contributed by atoms with E-state index in [0.29, 0.717) is 12.3 Å². The molecule has 0 aliphatic carbocycles. The second-order valence-electron chi connectivity index (χ2n) is 4.69. The largest absolute Gasteiger partial charge is 0.355 e. The van der Waals surface area contributed by atoms with Crippen molar-refractivity contribution < 1.29 is 4.79 Å². The number of para-hydroxylation sites is 1. The zero-order valence-corrected chi connectivity index (χ0v) is 13.5. The number of pyridine rings is 1. The second kappa shape index (κ2) is 7.38. The van der Waals surface area contributed by atoms with E-state index >= 15 is 0 Å². The number of carbonyl (C=O) groups excluding carboxylic acids is 1. The van der Waals surface area contributed by atoms with E-state index < -0.39 is 0 Å². The van der Waals surface area contributed by atoms with Gasteiger partial charge < -0.3 is 5.32 Å². The van der Waals surface area contributed by atoms with Crippen LogP contribution in [0.15, 0.2) is 53.1 Å². The first-order valence-electron chi connectivity index (χ1n) is 6.95. The Kier molecular flexibility index (Phi) is 5.03. The SMILES string of the molecule is O=C(CSc1nc2ccccc2s1)NCCc1ccncc1. The molecule has 0 unspecified atom stereocenters. The second-order valence-corrected chi connectivity index (χ2v) is 6.94. The minimum Gasteiger partial charge on any atom is -0.355 e. The molecule has 0 aliphatic heterocycles. The van der Waals surface area contributed by atoms with Crippen LogP contribution in [0.4, 0.5) is 0 Å². The highest BCUT2D eigenvalue weighted by atomic mass is 32.2. The molecule has 1 amide bonds. The Morgan fingerprint density at radius 1 is 1.18 bits per heavy atom. The first-order chi connectivity index (χ1) is 10.8. The molecule has 0 saturated carbocycles. The van der Waals surface area contributed by atoms with Crippen molar-refractivity contribution in [2.75, 3.05) is 12.3 Å². The van der Waals surface area contributed by atoms with E-state index in [-0.39, 0.29) is 5.91 Å². The van der Waals surface area contributed by atoms with Gasteiger partial charge in [-0.2, -0.15) is 0 Å². The molecule has 2 aromatic heterocycles. The number of benzene rings is 1. The first kappa shape index (κ1) is 15.0. The number of hydrogen-bond acceptors (Lipinski definition) is 5. The molecule has 1 N–H and O–H groups in total. The van der Waals surface area contributed by atoms with Gasteiger partial charge in [0.1, 0.15) is 0 Å². The summed E-state index contributed by atoms with van der Waals surface area (Å²) in [4.78, 5) is 20.3. The third kappa shape index (κ3) is 4.05. The molecule has 6 heteroatoms. The van der Waals surface area contributed by atoms with Crippen molar-refractivity contribution in [3.05, 3.63) is 54.4 Å². The van der Waals surface area contributed by atoms with E-state index in [2.05, 4.69) is 15.3 Å². The number of carbonyl (C=O) groups is 1. The Balaban J connectivity index is 1.44. The van der Waals surface area contributed by atoms with E-state index in [1.165, 1.54) is 17.3 Å². The van der Waals surface area contributed by atoms with Gasteiger partial charge in [0.25, 0.3) is 0 Å². The van der Waals surface area contributed by atoms with Crippen LogP contribution < -0.4 is 5.32 Å². The molecule has 112 valence electrons. The van der Waals surface area contributed by atoms with Gasteiger partial charge in [0.2, 0.25) is 5.91 Å². The van der Waals surface area contributed by atoms with Crippen molar-refractivity contribution in [3.8, 4) is 0 Å². The summed E-state index contributed by atoms with van der Waals surface area (Å²) in [7, 11) is 0. The van der Waals surface area contributed by atoms with Gasteiger partial charge in [0.05, 0.1) is 16.0 Å². The molecule has 4 nitrogen and oxygen atoms in total. The van der Waals surface area contributed by atoms with E-state index in [9.17, 15) is 4.79 Å². The highest BCUT2D eigenvalue weighted by Gasteiger charge is 2.07. The summed E-state index contributed by atoms with van der Waals surface area (Å²) in [5.41, 5.74) is 2.17. The normalized spacial score (nSPS) is 10.7. The van der Waals surface area contributed by atoms with Crippen molar-refractivity contribution in [2.24, 2.45) is 0 Å². The standard InChI is InChI=1S/C16H15N3OS2/c20-15(18-10-7-12-5-8-17-9-6-12)11-21-16-19-13-3-1-2-4-14(13)22-16/h1-6,8-9H,7,10-11H2,(H,18,20). The predicted molar refractivity (Wildman–Crippen MR) is 91.3 cm³/mol. The summed E-state index contributed by atoms with van der Waals surface area (Å²) in [6, 6.07) is 11.9. The van der Waals surface area contributed by atoms with Crippen LogP contribution >= 0.6 is 23.1 Å². The maximum atomic E-state index is 11.9. The van der Waals surface area contributed by atoms with Gasteiger partial charge in [-0.15, -0.1) is 11.3 Å². The van der Waals surface area contributed by atoms with Gasteiger partial charge in [0.15, 0.2) is 4.34 Å². The number of thiazole rings is 1. The van der Waals surface area contributed by atoms with Crippen LogP contribution in [0.1, 0.15) is 5.56 Å². The maximum Gasteiger partial charge on any atom is 0.230 e. The molecule has 0 fully saturated rings. The van der Waals surface area contributed by atoms with Crippen molar-refractivity contribution in [2.45, 2.75) is 10.8 Å². The molecule has 1 aromatic carbocycles. The smallest absolute Gasteiger partial charge is 0.230 e. The molecular formula is C16H15N3OS2. The zero-order chi connectivity index (χ0) is 15.2. The van der Waals surface area contributed by atoms with Crippen LogP contribution in [0.2, 0.25) is 0 Å². The monoisotopic (exact) mass is 329 g/mol. The van der Waals surface area contributed by atoms with Crippen LogP contribution in [0.25, 0.3) is 10.2 Å². The van der Waals surface area contributed by atoms with Gasteiger partial charge >= 0.3 is 0 Å². The number of hydrogen-bond donors (Lipinski definition) is 1. The Hall–Kier alpha value is -1.92. The molecule has 0 saturated heterocycles. The van der Waals surface area contributed by atoms with Crippen LogP contribution in [0, 0.1) is 0 Å². The van der Waals surface area contributed by atoms with Gasteiger partial charge in [-0.25, -0.2) is 4.98 Å². The number of nitrogens with zero attached hydrogens (tertiary/aromatic N) is 2. The summed E-state index contributed by atoms with van der Waals surface area (Å²) in [5.74, 6) is 0.439. The Bertz CT molecular complexity index is 725. The average Bonchev–Trinajstić information content (AvgIpc) is 2.97. The lowest BCUT2D eigenvalue weighted by atomic mass is 10.2. The Labute approximate surface area is 137 Å². The average molecular weight is 329 g/mol. The number of rotatable bonds is 6. The molecule has 3 rings (SSSR count). The molecule has 0 atom stereocenters. The molecule has 0 bridgehead atoms. The Morgan fingerprint density at radius 3 is 2.82 bits per heavy atom. The van der Waals surface area contributed by atoms with Crippen molar-refractivity contribution in [1.29, 1.82) is 0 Å². The summed E-state index contributed by atoms with van der Waals surface area (Å²) in [6.07, 6.45) is 4.35. The molecule has 22 heavy (non-hydrogen) atoms. The van der Waals surface area contributed by atoms with Crippen molar-refractivity contribution in [3.63, 3.8) is 0 Å². The number of amides is 1. The number of aromatic nitrogens is 2. The number of fused-ring (bicyclic) bond motifs is 1. The molecule has 2 heterocycles. The lowest BCUT2D eigenvalue weighted by Crippen LogP contribution is -2.27. The van der Waals surface area contributed by atoms with Gasteiger partial charge in [-0.1, -0.05) is 23.9 Å². The zero-order valence-electron chi connectivity index (χ0n) is 11.9. The summed E-state index contributed by atoms with van der Waals surface area (Å²) < 4.78 is 2.09. The quantitative estimate of drug-likeness (QED) is 0.706. The topological polar surface area (TPSA) is 54.9 Å². The highest BCUT2D eigenvalue weighted by molar-refractivity contribution is 8.01. The third-order valence-electron chi connectivity index (χ3n) is 3.09. The van der Waals surface area contributed by atoms with E-state index in [1.54, 1.807) is 23.7 Å². The summed E-state index contributed by atoms with van der Waals surface area (Å²) >= 11 is 3.11. The molecule has 0 spiro atoms.